The zero-order valence-corrected chi connectivity index (χ0v) is 24.5. The molecule has 0 radical (unpaired) electrons. The molecule has 0 saturated carbocycles. The molecule has 1 saturated heterocycles. The number of rotatable bonds is 11. The van der Waals surface area contributed by atoms with Crippen molar-refractivity contribution in [2.75, 3.05) is 12.3 Å². The normalized spacial score (nSPS) is 16.9. The fourth-order valence-electron chi connectivity index (χ4n) is 3.56. The van der Waals surface area contributed by atoms with Gasteiger partial charge in [-0.2, -0.15) is 8.42 Å². The number of nitrogens with one attached hydrogen (secondary N) is 2. The van der Waals surface area contributed by atoms with Crippen LogP contribution in [0.2, 0.25) is 0 Å². The minimum absolute atomic E-state index is 0.00491. The van der Waals surface area contributed by atoms with E-state index >= 15 is 0 Å². The van der Waals surface area contributed by atoms with Crippen molar-refractivity contribution in [1.82, 2.24) is 29.6 Å². The van der Waals surface area contributed by atoms with Crippen LogP contribution in [0.3, 0.4) is 0 Å². The smallest absolute Gasteiger partial charge is 0.362 e. The number of esters is 1. The number of nitrogens with zero attached hydrogens (tertiary/aromatic N) is 5. The number of aromatic nitrogens is 4. The van der Waals surface area contributed by atoms with E-state index in [0.717, 1.165) is 49.7 Å². The molecule has 1 aliphatic rings. The molecule has 238 valence electrons. The van der Waals surface area contributed by atoms with E-state index in [0.29, 0.717) is 0 Å². The number of nitrogens with two attached hydrogens (primary N) is 1. The number of pyridine rings is 1. The number of anilines is 1. The third-order valence-corrected chi connectivity index (χ3v) is 7.57. The monoisotopic (exact) mass is 666 g/mol. The molecule has 3 aromatic rings. The maximum absolute atomic E-state index is 13.2. The van der Waals surface area contributed by atoms with E-state index in [1.165, 1.54) is 5.38 Å². The van der Waals surface area contributed by atoms with Crippen molar-refractivity contribution in [2.45, 2.75) is 31.5 Å². The average molecular weight is 667 g/mol. The Morgan fingerprint density at radius 3 is 2.56 bits per heavy atom. The number of β-lactam (4-membered cyclic amide) rings is 1. The first-order valence-electron chi connectivity index (χ1n) is 12.2. The SMILES string of the molecule is CC(C)(O/N=C(\C(=O)N[C@@H]1C(=O)N(S(=O)(=O)O)[C@@H]1COC(=O)c1ccnc(-c2cc(=O)c(O)c[nH]2)n1)c1csc(N)n1)C(=O)O. The summed E-state index contributed by atoms with van der Waals surface area (Å²) in [6, 6.07) is -1.27. The Morgan fingerprint density at radius 1 is 1.24 bits per heavy atom. The van der Waals surface area contributed by atoms with Crippen LogP contribution < -0.4 is 16.5 Å². The highest BCUT2D eigenvalue weighted by Gasteiger charge is 2.55. The Kier molecular flexibility index (Phi) is 8.83. The van der Waals surface area contributed by atoms with Crippen LogP contribution in [0.15, 0.2) is 39.9 Å². The van der Waals surface area contributed by atoms with Gasteiger partial charge in [0.1, 0.15) is 24.4 Å². The van der Waals surface area contributed by atoms with Crippen LogP contribution in [0.25, 0.3) is 11.5 Å². The molecule has 45 heavy (non-hydrogen) atoms. The van der Waals surface area contributed by atoms with Gasteiger partial charge in [0.2, 0.25) is 11.0 Å². The number of aromatic amines is 1. The first-order chi connectivity index (χ1) is 21.0. The fraction of sp³-hybridized carbons (Fsp3) is 0.261. The van der Waals surface area contributed by atoms with Gasteiger partial charge in [0.15, 0.2) is 28.1 Å². The molecular weight excluding hydrogens is 644 g/mol. The van der Waals surface area contributed by atoms with Crippen molar-refractivity contribution in [3.05, 3.63) is 51.5 Å². The lowest BCUT2D eigenvalue weighted by Crippen LogP contribution is -2.73. The lowest BCUT2D eigenvalue weighted by Gasteiger charge is -2.43. The molecule has 0 aliphatic carbocycles. The molecule has 1 fully saturated rings. The molecule has 0 aromatic carbocycles. The summed E-state index contributed by atoms with van der Waals surface area (Å²) in [5.41, 5.74) is 1.81. The second-order valence-corrected chi connectivity index (χ2v) is 11.7. The number of nitrogen functional groups attached to an aromatic ring is 1. The van der Waals surface area contributed by atoms with E-state index in [1.54, 1.807) is 0 Å². The maximum Gasteiger partial charge on any atom is 0.362 e. The van der Waals surface area contributed by atoms with E-state index in [9.17, 15) is 47.2 Å². The first kappa shape index (κ1) is 32.4. The molecule has 0 spiro atoms. The average Bonchev–Trinajstić information content (AvgIpc) is 3.39. The second-order valence-electron chi connectivity index (χ2n) is 9.51. The number of hydrogen-bond acceptors (Lipinski definition) is 16. The number of carbonyl (C=O) groups excluding carboxylic acids is 3. The van der Waals surface area contributed by atoms with Crippen molar-refractivity contribution >= 4 is 56.2 Å². The minimum Gasteiger partial charge on any atom is -0.503 e. The van der Waals surface area contributed by atoms with Gasteiger partial charge in [-0.3, -0.25) is 18.9 Å². The predicted octanol–water partition coefficient (Wildman–Crippen LogP) is -1.48. The molecule has 20 nitrogen and oxygen atoms in total. The molecule has 1 aliphatic heterocycles. The summed E-state index contributed by atoms with van der Waals surface area (Å²) in [5, 5.41) is 25.7. The van der Waals surface area contributed by atoms with Crippen molar-refractivity contribution in [3.63, 3.8) is 0 Å². The highest BCUT2D eigenvalue weighted by molar-refractivity contribution is 7.84. The van der Waals surface area contributed by atoms with Gasteiger partial charge in [0, 0.05) is 23.8 Å². The molecule has 0 unspecified atom stereocenters. The molecule has 2 amide bonds. The van der Waals surface area contributed by atoms with Gasteiger partial charge in [-0.25, -0.2) is 28.8 Å². The molecule has 4 heterocycles. The first-order valence-corrected chi connectivity index (χ1v) is 14.5. The number of carboxylic acid groups (broad SMARTS) is 1. The van der Waals surface area contributed by atoms with E-state index < -0.39 is 75.2 Å². The predicted molar refractivity (Wildman–Crippen MR) is 150 cm³/mol. The largest absolute Gasteiger partial charge is 0.503 e. The Morgan fingerprint density at radius 2 is 1.96 bits per heavy atom. The number of hydrogen-bond donors (Lipinski definition) is 6. The molecule has 0 bridgehead atoms. The highest BCUT2D eigenvalue weighted by atomic mass is 32.2. The maximum atomic E-state index is 13.2. The molecule has 4 rings (SSSR count). The van der Waals surface area contributed by atoms with E-state index in [-0.39, 0.29) is 32.3 Å². The van der Waals surface area contributed by atoms with Crippen LogP contribution >= 0.6 is 11.3 Å². The standard InChI is InChI=1S/C23H22N8O12S2/c1-23(2,21(37)38)43-30-15(11-8-44-22(24)28-11)18(34)29-16-12(31(19(16)35)45(39,40)41)7-42-20(36)9-3-4-25-17(27-9)10-5-13(32)14(33)6-26-10/h3-6,8,12,16,33H,7H2,1-2H3,(H2,24,28)(H,26,32)(H,29,34)(H,37,38)(H,39,40,41)/b30-15-/t12-,16+/m1/s1. The number of carbonyl (C=O) groups is 4. The lowest BCUT2D eigenvalue weighted by atomic mass is 9.99. The summed E-state index contributed by atoms with van der Waals surface area (Å²) in [6.45, 7) is 1.39. The summed E-state index contributed by atoms with van der Waals surface area (Å²) in [6.07, 6.45) is 2.13. The quantitative estimate of drug-likeness (QED) is 0.0446. The topological polar surface area (TPSA) is 307 Å². The van der Waals surface area contributed by atoms with E-state index in [4.69, 9.17) is 15.3 Å². The minimum atomic E-state index is -5.19. The number of H-pyrrole nitrogens is 1. The molecule has 22 heteroatoms. The summed E-state index contributed by atoms with van der Waals surface area (Å²) >= 11 is 0.893. The number of ether oxygens (including phenoxy) is 1. The Balaban J connectivity index is 1.55. The van der Waals surface area contributed by atoms with Crippen molar-refractivity contribution in [3.8, 4) is 17.3 Å². The van der Waals surface area contributed by atoms with Gasteiger partial charge in [-0.05, 0) is 19.9 Å². The number of amides is 2. The van der Waals surface area contributed by atoms with Crippen LogP contribution in [0.5, 0.6) is 5.75 Å². The molecule has 2 atom stereocenters. The number of oxime groups is 1. The second kappa shape index (κ2) is 12.3. The summed E-state index contributed by atoms with van der Waals surface area (Å²) in [4.78, 5) is 81.1. The van der Waals surface area contributed by atoms with Crippen molar-refractivity contribution < 1.29 is 51.9 Å². The van der Waals surface area contributed by atoms with Gasteiger partial charge in [0.25, 0.3) is 11.8 Å². The summed E-state index contributed by atoms with van der Waals surface area (Å²) in [7, 11) is -5.19. The van der Waals surface area contributed by atoms with E-state index in [2.05, 4.69) is 30.4 Å². The summed E-state index contributed by atoms with van der Waals surface area (Å²) < 4.78 is 38.4. The number of aromatic hydroxyl groups is 1. The number of carboxylic acids is 1. The Labute approximate surface area is 255 Å². The Hall–Kier alpha value is -5.48. The Bertz CT molecular complexity index is 1890. The third kappa shape index (κ3) is 7.02. The zero-order valence-electron chi connectivity index (χ0n) is 22.9. The zero-order chi connectivity index (χ0) is 33.3. The van der Waals surface area contributed by atoms with Crippen LogP contribution in [0, 0.1) is 0 Å². The molecule has 7 N–H and O–H groups in total. The number of thiazole rings is 1. The fourth-order valence-corrected chi connectivity index (χ4v) is 4.98. The summed E-state index contributed by atoms with van der Waals surface area (Å²) in [5.74, 6) is -5.79. The van der Waals surface area contributed by atoms with Gasteiger partial charge in [0.05, 0.1) is 5.69 Å². The highest BCUT2D eigenvalue weighted by Crippen LogP contribution is 2.25. The van der Waals surface area contributed by atoms with Gasteiger partial charge >= 0.3 is 22.2 Å². The van der Waals surface area contributed by atoms with Crippen LogP contribution in [0.1, 0.15) is 30.0 Å². The van der Waals surface area contributed by atoms with Crippen molar-refractivity contribution in [1.29, 1.82) is 0 Å². The van der Waals surface area contributed by atoms with Gasteiger partial charge < -0.3 is 35.8 Å². The van der Waals surface area contributed by atoms with Gasteiger partial charge in [-0.1, -0.05) is 5.16 Å². The number of aliphatic carboxylic acids is 1. The lowest BCUT2D eigenvalue weighted by molar-refractivity contribution is -0.161. The van der Waals surface area contributed by atoms with Crippen molar-refractivity contribution in [2.24, 2.45) is 5.16 Å². The van der Waals surface area contributed by atoms with E-state index in [1.807, 2.05) is 0 Å². The van der Waals surface area contributed by atoms with Crippen LogP contribution in [-0.2, 0) is 34.3 Å². The van der Waals surface area contributed by atoms with Crippen LogP contribution in [-0.4, -0.2) is 101 Å². The third-order valence-electron chi connectivity index (χ3n) is 5.95. The molecular formula is C23H22N8O12S2. The molecule has 3 aromatic heterocycles. The van der Waals surface area contributed by atoms with Gasteiger partial charge in [-0.15, -0.1) is 11.3 Å². The van der Waals surface area contributed by atoms with Crippen LogP contribution in [0.4, 0.5) is 5.13 Å².